The average molecular weight is 291 g/mol. The fraction of sp³-hybridized carbons (Fsp3) is 0.333. The largest absolute Gasteiger partial charge is 0.375 e. The Balaban J connectivity index is 0.000000204. The summed E-state index contributed by atoms with van der Waals surface area (Å²) in [5.41, 5.74) is 12.2. The van der Waals surface area contributed by atoms with Crippen molar-refractivity contribution in [1.82, 2.24) is 4.98 Å². The maximum Gasteiger partial charge on any atom is 0.248 e. The van der Waals surface area contributed by atoms with Crippen LogP contribution in [-0.4, -0.2) is 10.9 Å². The van der Waals surface area contributed by atoms with Crippen LogP contribution >= 0.6 is 11.3 Å². The molecule has 20 heavy (non-hydrogen) atoms. The number of hydrogen-bond acceptors (Lipinski definition) is 4. The van der Waals surface area contributed by atoms with Crippen LogP contribution in [0.1, 0.15) is 42.2 Å². The zero-order valence-corrected chi connectivity index (χ0v) is 12.5. The Bertz CT molecular complexity index is 511. The van der Waals surface area contributed by atoms with Gasteiger partial charge in [0.05, 0.1) is 5.69 Å². The van der Waals surface area contributed by atoms with Gasteiger partial charge in [0.2, 0.25) is 5.91 Å². The SMILES string of the molecule is CCCCCc1csc(N)n1.NC(=O)c1ccccc1. The highest BCUT2D eigenvalue weighted by Gasteiger charge is 1.97. The van der Waals surface area contributed by atoms with Crippen molar-refractivity contribution in [3.63, 3.8) is 0 Å². The second kappa shape index (κ2) is 9.09. The van der Waals surface area contributed by atoms with E-state index in [1.165, 1.54) is 30.6 Å². The van der Waals surface area contributed by atoms with Crippen molar-refractivity contribution in [2.75, 3.05) is 5.73 Å². The molecule has 0 fully saturated rings. The third kappa shape index (κ3) is 6.33. The summed E-state index contributed by atoms with van der Waals surface area (Å²) in [6.07, 6.45) is 4.87. The molecule has 0 spiro atoms. The van der Waals surface area contributed by atoms with Gasteiger partial charge in [-0.3, -0.25) is 4.79 Å². The molecule has 0 aliphatic heterocycles. The van der Waals surface area contributed by atoms with Gasteiger partial charge in [-0.1, -0.05) is 38.0 Å². The number of nitrogen functional groups attached to an aromatic ring is 1. The molecule has 1 aromatic heterocycles. The molecule has 0 radical (unpaired) electrons. The third-order valence-corrected chi connectivity index (χ3v) is 3.39. The maximum absolute atomic E-state index is 10.4. The number of anilines is 1. The van der Waals surface area contributed by atoms with E-state index in [4.69, 9.17) is 11.5 Å². The van der Waals surface area contributed by atoms with Crippen LogP contribution in [-0.2, 0) is 6.42 Å². The van der Waals surface area contributed by atoms with Gasteiger partial charge in [0.25, 0.3) is 0 Å². The highest BCUT2D eigenvalue weighted by atomic mass is 32.1. The molecule has 0 saturated carbocycles. The molecule has 4 N–H and O–H groups in total. The van der Waals surface area contributed by atoms with Crippen LogP contribution in [0.4, 0.5) is 5.13 Å². The van der Waals surface area contributed by atoms with Crippen molar-refractivity contribution in [2.45, 2.75) is 32.6 Å². The third-order valence-electron chi connectivity index (χ3n) is 2.66. The van der Waals surface area contributed by atoms with Crippen LogP contribution < -0.4 is 11.5 Å². The predicted octanol–water partition coefficient (Wildman–Crippen LogP) is 3.24. The lowest BCUT2D eigenvalue weighted by Crippen LogP contribution is -2.09. The first kappa shape index (κ1) is 16.2. The Kier molecular flexibility index (Phi) is 7.35. The van der Waals surface area contributed by atoms with Gasteiger partial charge in [-0.15, -0.1) is 11.3 Å². The fourth-order valence-corrected chi connectivity index (χ4v) is 2.19. The summed E-state index contributed by atoms with van der Waals surface area (Å²) < 4.78 is 0. The van der Waals surface area contributed by atoms with Crippen molar-refractivity contribution >= 4 is 22.4 Å². The van der Waals surface area contributed by atoms with Gasteiger partial charge in [0.1, 0.15) is 0 Å². The number of benzene rings is 1. The maximum atomic E-state index is 10.4. The molecule has 5 heteroatoms. The first-order valence-electron chi connectivity index (χ1n) is 6.68. The number of primary amides is 1. The summed E-state index contributed by atoms with van der Waals surface area (Å²) in [5.74, 6) is -0.379. The first-order valence-corrected chi connectivity index (χ1v) is 7.56. The number of hydrogen-bond donors (Lipinski definition) is 2. The molecule has 1 aromatic carbocycles. The van der Waals surface area contributed by atoms with Crippen molar-refractivity contribution < 1.29 is 4.79 Å². The van der Waals surface area contributed by atoms with Gasteiger partial charge >= 0.3 is 0 Å². The molecule has 0 aliphatic carbocycles. The van der Waals surface area contributed by atoms with Gasteiger partial charge in [0.15, 0.2) is 5.13 Å². The zero-order valence-electron chi connectivity index (χ0n) is 11.7. The lowest BCUT2D eigenvalue weighted by molar-refractivity contribution is 0.100. The summed E-state index contributed by atoms with van der Waals surface area (Å²) in [4.78, 5) is 14.6. The number of nitrogens with two attached hydrogens (primary N) is 2. The fourth-order valence-electron chi connectivity index (χ4n) is 1.60. The molecule has 108 valence electrons. The smallest absolute Gasteiger partial charge is 0.248 e. The van der Waals surface area contributed by atoms with Gasteiger partial charge < -0.3 is 11.5 Å². The lowest BCUT2D eigenvalue weighted by atomic mass is 10.2. The number of unbranched alkanes of at least 4 members (excludes halogenated alkanes) is 2. The average Bonchev–Trinajstić information content (AvgIpc) is 2.86. The highest BCUT2D eigenvalue weighted by Crippen LogP contribution is 2.13. The molecular formula is C15H21N3OS. The molecule has 4 nitrogen and oxygen atoms in total. The van der Waals surface area contributed by atoms with E-state index in [-0.39, 0.29) is 5.91 Å². The van der Waals surface area contributed by atoms with Gasteiger partial charge in [-0.05, 0) is 25.0 Å². The number of thiazole rings is 1. The van der Waals surface area contributed by atoms with Crippen molar-refractivity contribution in [3.8, 4) is 0 Å². The summed E-state index contributed by atoms with van der Waals surface area (Å²) >= 11 is 1.53. The number of aryl methyl sites for hydroxylation is 1. The van der Waals surface area contributed by atoms with Crippen LogP contribution in [0.25, 0.3) is 0 Å². The minimum atomic E-state index is -0.379. The zero-order chi connectivity index (χ0) is 14.8. The molecule has 0 bridgehead atoms. The van der Waals surface area contributed by atoms with Crippen LogP contribution in [0.2, 0.25) is 0 Å². The van der Waals surface area contributed by atoms with Gasteiger partial charge in [0, 0.05) is 10.9 Å². The Morgan fingerprint density at radius 3 is 2.40 bits per heavy atom. The molecule has 1 heterocycles. The number of amides is 1. The van der Waals surface area contributed by atoms with Gasteiger partial charge in [-0.2, -0.15) is 0 Å². The Hall–Kier alpha value is -1.88. The van der Waals surface area contributed by atoms with Gasteiger partial charge in [-0.25, -0.2) is 4.98 Å². The van der Waals surface area contributed by atoms with E-state index < -0.39 is 0 Å². The van der Waals surface area contributed by atoms with Crippen LogP contribution in [0.15, 0.2) is 35.7 Å². The lowest BCUT2D eigenvalue weighted by Gasteiger charge is -1.93. The monoisotopic (exact) mass is 291 g/mol. The minimum absolute atomic E-state index is 0.379. The Labute approximate surface area is 123 Å². The molecule has 1 amide bonds. The quantitative estimate of drug-likeness (QED) is 0.830. The van der Waals surface area contributed by atoms with Crippen molar-refractivity contribution in [1.29, 1.82) is 0 Å². The molecule has 2 aromatic rings. The van der Waals surface area contributed by atoms with E-state index >= 15 is 0 Å². The minimum Gasteiger partial charge on any atom is -0.375 e. The molecule has 2 rings (SSSR count). The summed E-state index contributed by atoms with van der Waals surface area (Å²) in [5, 5.41) is 2.74. The number of aromatic nitrogens is 1. The van der Waals surface area contributed by atoms with Crippen LogP contribution in [0, 0.1) is 0 Å². The topological polar surface area (TPSA) is 82.0 Å². The standard InChI is InChI=1S/C8H14N2S.C7H7NO/c1-2-3-4-5-7-6-11-8(9)10-7;8-7(9)6-4-2-1-3-5-6/h6H,2-5H2,1H3,(H2,9,10);1-5H,(H2,8,9). The van der Waals surface area contributed by atoms with E-state index in [1.807, 2.05) is 11.4 Å². The summed E-state index contributed by atoms with van der Waals surface area (Å²) in [7, 11) is 0. The highest BCUT2D eigenvalue weighted by molar-refractivity contribution is 7.13. The van der Waals surface area contributed by atoms with E-state index in [0.717, 1.165) is 12.1 Å². The molecular weight excluding hydrogens is 270 g/mol. The number of nitrogens with zero attached hydrogens (tertiary/aromatic N) is 1. The summed E-state index contributed by atoms with van der Waals surface area (Å²) in [6, 6.07) is 8.76. The van der Waals surface area contributed by atoms with E-state index in [1.54, 1.807) is 24.3 Å². The van der Waals surface area contributed by atoms with Crippen LogP contribution in [0.3, 0.4) is 0 Å². The summed E-state index contributed by atoms with van der Waals surface area (Å²) in [6.45, 7) is 2.20. The number of carbonyl (C=O) groups is 1. The molecule has 0 aliphatic rings. The molecule has 0 saturated heterocycles. The van der Waals surface area contributed by atoms with Crippen molar-refractivity contribution in [3.05, 3.63) is 47.0 Å². The van der Waals surface area contributed by atoms with Crippen molar-refractivity contribution in [2.24, 2.45) is 5.73 Å². The first-order chi connectivity index (χ1) is 9.63. The van der Waals surface area contributed by atoms with E-state index in [9.17, 15) is 4.79 Å². The second-order valence-electron chi connectivity index (χ2n) is 4.36. The number of rotatable bonds is 5. The van der Waals surface area contributed by atoms with E-state index in [2.05, 4.69) is 11.9 Å². The predicted molar refractivity (Wildman–Crippen MR) is 84.7 cm³/mol. The number of carbonyl (C=O) groups excluding carboxylic acids is 1. The second-order valence-corrected chi connectivity index (χ2v) is 5.25. The van der Waals surface area contributed by atoms with Crippen LogP contribution in [0.5, 0.6) is 0 Å². The molecule has 0 unspecified atom stereocenters. The molecule has 0 atom stereocenters. The normalized spacial score (nSPS) is 9.65. The Morgan fingerprint density at radius 2 is 1.95 bits per heavy atom. The van der Waals surface area contributed by atoms with E-state index in [0.29, 0.717) is 10.7 Å². The Morgan fingerprint density at radius 1 is 1.25 bits per heavy atom.